The van der Waals surface area contributed by atoms with Crippen LogP contribution in [-0.2, 0) is 22.4 Å². The van der Waals surface area contributed by atoms with Gasteiger partial charge in [-0.05, 0) is 56.2 Å². The van der Waals surface area contributed by atoms with Crippen molar-refractivity contribution < 1.29 is 14.3 Å². The summed E-state index contributed by atoms with van der Waals surface area (Å²) in [6, 6.07) is 7.83. The van der Waals surface area contributed by atoms with E-state index in [-0.39, 0.29) is 18.4 Å². The zero-order valence-electron chi connectivity index (χ0n) is 16.1. The van der Waals surface area contributed by atoms with Gasteiger partial charge in [0.15, 0.2) is 0 Å². The van der Waals surface area contributed by atoms with Crippen molar-refractivity contribution in [2.75, 3.05) is 23.8 Å². The fourth-order valence-electron chi connectivity index (χ4n) is 3.38. The van der Waals surface area contributed by atoms with Crippen LogP contribution in [0, 0.1) is 12.8 Å². The van der Waals surface area contributed by atoms with E-state index in [0.29, 0.717) is 23.1 Å². The molecule has 0 unspecified atom stereocenters. The maximum Gasteiger partial charge on any atom is 0.341 e. The third kappa shape index (κ3) is 4.50. The second-order valence-corrected chi connectivity index (χ2v) is 8.10. The van der Waals surface area contributed by atoms with Crippen LogP contribution in [0.5, 0.6) is 0 Å². The number of amides is 1. The van der Waals surface area contributed by atoms with E-state index < -0.39 is 0 Å². The van der Waals surface area contributed by atoms with Gasteiger partial charge in [-0.25, -0.2) is 4.79 Å². The van der Waals surface area contributed by atoms with Crippen molar-refractivity contribution in [1.82, 2.24) is 0 Å². The lowest BCUT2D eigenvalue weighted by Gasteiger charge is -2.18. The molecule has 0 spiro atoms. The van der Waals surface area contributed by atoms with Crippen LogP contribution in [0.25, 0.3) is 0 Å². The number of para-hydroxylation sites is 1. The molecule has 1 atom stereocenters. The fourth-order valence-corrected chi connectivity index (χ4v) is 4.79. The normalized spacial score (nSPS) is 15.7. The summed E-state index contributed by atoms with van der Waals surface area (Å²) in [5.41, 5.74) is 3.61. The average molecular weight is 387 g/mol. The largest absolute Gasteiger partial charge is 0.462 e. The molecule has 1 aliphatic carbocycles. The fraction of sp³-hybridized carbons (Fsp3) is 0.429. The monoisotopic (exact) mass is 386 g/mol. The predicted octanol–water partition coefficient (Wildman–Crippen LogP) is 4.41. The van der Waals surface area contributed by atoms with Crippen molar-refractivity contribution in [3.8, 4) is 0 Å². The first-order valence-corrected chi connectivity index (χ1v) is 10.2. The van der Waals surface area contributed by atoms with Crippen molar-refractivity contribution in [1.29, 1.82) is 0 Å². The van der Waals surface area contributed by atoms with Gasteiger partial charge in [0.1, 0.15) is 5.00 Å². The minimum Gasteiger partial charge on any atom is -0.462 e. The second kappa shape index (κ2) is 8.57. The number of nitrogens with one attached hydrogen (secondary N) is 2. The molecule has 1 aliphatic rings. The van der Waals surface area contributed by atoms with Crippen LogP contribution in [0.2, 0.25) is 0 Å². The number of thiophene rings is 1. The highest BCUT2D eigenvalue weighted by molar-refractivity contribution is 7.17. The highest BCUT2D eigenvalue weighted by atomic mass is 32.1. The van der Waals surface area contributed by atoms with Crippen molar-refractivity contribution in [3.63, 3.8) is 0 Å². The highest BCUT2D eigenvalue weighted by Crippen LogP contribution is 2.40. The maximum atomic E-state index is 12.5. The highest BCUT2D eigenvalue weighted by Gasteiger charge is 2.29. The Kier molecular flexibility index (Phi) is 6.16. The zero-order chi connectivity index (χ0) is 19.4. The standard InChI is InChI=1S/C21H26N2O3S/c1-4-26-21(25)19-15-10-9-13(2)11-17(15)27-20(19)23-18(24)12-22-16-8-6-5-7-14(16)3/h5-8,13,22H,4,9-12H2,1-3H3,(H,23,24)/t13-/m0/s1. The molecule has 0 saturated heterocycles. The number of carbonyl (C=O) groups is 2. The van der Waals surface area contributed by atoms with Gasteiger partial charge in [0.25, 0.3) is 0 Å². The summed E-state index contributed by atoms with van der Waals surface area (Å²) in [7, 11) is 0. The predicted molar refractivity (Wildman–Crippen MR) is 110 cm³/mol. The first-order chi connectivity index (χ1) is 13.0. The number of carbonyl (C=O) groups excluding carboxylic acids is 2. The molecule has 1 aromatic carbocycles. The molecule has 0 fully saturated rings. The van der Waals surface area contributed by atoms with E-state index in [9.17, 15) is 9.59 Å². The molecule has 144 valence electrons. The van der Waals surface area contributed by atoms with Gasteiger partial charge in [-0.1, -0.05) is 25.1 Å². The van der Waals surface area contributed by atoms with E-state index in [0.717, 1.165) is 36.1 Å². The zero-order valence-corrected chi connectivity index (χ0v) is 16.9. The molecule has 0 saturated carbocycles. The summed E-state index contributed by atoms with van der Waals surface area (Å²) in [6.45, 7) is 6.47. The van der Waals surface area contributed by atoms with Gasteiger partial charge < -0.3 is 15.4 Å². The lowest BCUT2D eigenvalue weighted by molar-refractivity contribution is -0.114. The third-order valence-electron chi connectivity index (χ3n) is 4.83. The third-order valence-corrected chi connectivity index (χ3v) is 6.00. The molecule has 0 radical (unpaired) electrons. The van der Waals surface area contributed by atoms with Gasteiger partial charge in [0, 0.05) is 10.6 Å². The van der Waals surface area contributed by atoms with Crippen LogP contribution >= 0.6 is 11.3 Å². The molecule has 1 amide bonds. The number of anilines is 2. The van der Waals surface area contributed by atoms with Crippen LogP contribution in [-0.4, -0.2) is 25.0 Å². The van der Waals surface area contributed by atoms with Gasteiger partial charge in [-0.2, -0.15) is 0 Å². The van der Waals surface area contributed by atoms with Gasteiger partial charge >= 0.3 is 5.97 Å². The Morgan fingerprint density at radius 2 is 2.07 bits per heavy atom. The van der Waals surface area contributed by atoms with Gasteiger partial charge in [0.2, 0.25) is 5.91 Å². The Morgan fingerprint density at radius 1 is 1.30 bits per heavy atom. The molecule has 0 aliphatic heterocycles. The molecule has 27 heavy (non-hydrogen) atoms. The number of esters is 1. The van der Waals surface area contributed by atoms with Crippen LogP contribution in [0.1, 0.15) is 46.6 Å². The summed E-state index contributed by atoms with van der Waals surface area (Å²) in [5, 5.41) is 6.69. The topological polar surface area (TPSA) is 67.4 Å². The Morgan fingerprint density at radius 3 is 2.81 bits per heavy atom. The van der Waals surface area contributed by atoms with Crippen LogP contribution in [0.3, 0.4) is 0 Å². The minimum atomic E-state index is -0.341. The van der Waals surface area contributed by atoms with E-state index in [1.807, 2.05) is 31.2 Å². The molecule has 6 heteroatoms. The molecule has 3 rings (SSSR count). The average Bonchev–Trinajstić information content (AvgIpc) is 2.98. The number of ether oxygens (including phenoxy) is 1. The SMILES string of the molecule is CCOC(=O)c1c(NC(=O)CNc2ccccc2C)sc2c1CC[C@H](C)C2. The van der Waals surface area contributed by atoms with Gasteiger partial charge in [0.05, 0.1) is 18.7 Å². The molecule has 1 aromatic heterocycles. The first kappa shape index (κ1) is 19.4. The van der Waals surface area contributed by atoms with Crippen molar-refractivity contribution in [3.05, 3.63) is 45.8 Å². The number of hydrogen-bond donors (Lipinski definition) is 2. The summed E-state index contributed by atoms with van der Waals surface area (Å²) < 4.78 is 5.25. The molecular weight excluding hydrogens is 360 g/mol. The summed E-state index contributed by atoms with van der Waals surface area (Å²) >= 11 is 1.51. The van der Waals surface area contributed by atoms with Crippen LogP contribution in [0.4, 0.5) is 10.7 Å². The first-order valence-electron chi connectivity index (χ1n) is 9.40. The minimum absolute atomic E-state index is 0.145. The van der Waals surface area contributed by atoms with E-state index >= 15 is 0 Å². The Balaban J connectivity index is 1.76. The molecule has 2 aromatic rings. The van der Waals surface area contributed by atoms with Crippen molar-refractivity contribution in [2.24, 2.45) is 5.92 Å². The summed E-state index contributed by atoms with van der Waals surface area (Å²) in [4.78, 5) is 26.2. The quantitative estimate of drug-likeness (QED) is 0.722. The van der Waals surface area contributed by atoms with Crippen molar-refractivity contribution >= 4 is 33.9 Å². The number of rotatable bonds is 6. The van der Waals surface area contributed by atoms with E-state index in [4.69, 9.17) is 4.74 Å². The maximum absolute atomic E-state index is 12.5. The number of hydrogen-bond acceptors (Lipinski definition) is 5. The van der Waals surface area contributed by atoms with Gasteiger partial charge in [-0.3, -0.25) is 4.79 Å². The van der Waals surface area contributed by atoms with Gasteiger partial charge in [-0.15, -0.1) is 11.3 Å². The molecular formula is C21H26N2O3S. The molecule has 0 bridgehead atoms. The van der Waals surface area contributed by atoms with Crippen LogP contribution in [0.15, 0.2) is 24.3 Å². The Hall–Kier alpha value is -2.34. The smallest absolute Gasteiger partial charge is 0.341 e. The second-order valence-electron chi connectivity index (χ2n) is 6.99. The Labute approximate surface area is 164 Å². The van der Waals surface area contributed by atoms with E-state index in [1.54, 1.807) is 6.92 Å². The number of benzene rings is 1. The molecule has 1 heterocycles. The lowest BCUT2D eigenvalue weighted by Crippen LogP contribution is -2.23. The Bertz CT molecular complexity index is 844. The molecule has 2 N–H and O–H groups in total. The number of fused-ring (bicyclic) bond motifs is 1. The lowest BCUT2D eigenvalue weighted by atomic mass is 9.88. The summed E-state index contributed by atoms with van der Waals surface area (Å²) in [5.74, 6) is 0.0830. The number of aryl methyl sites for hydroxylation is 1. The molecule has 5 nitrogen and oxygen atoms in total. The van der Waals surface area contributed by atoms with Crippen LogP contribution < -0.4 is 10.6 Å². The van der Waals surface area contributed by atoms with E-state index in [2.05, 4.69) is 17.6 Å². The summed E-state index contributed by atoms with van der Waals surface area (Å²) in [6.07, 6.45) is 2.86. The van der Waals surface area contributed by atoms with E-state index in [1.165, 1.54) is 16.2 Å². The van der Waals surface area contributed by atoms with Crippen molar-refractivity contribution in [2.45, 2.75) is 40.0 Å².